The fourth-order valence-electron chi connectivity index (χ4n) is 4.83. The maximum atomic E-state index is 13.0. The molecule has 0 unspecified atom stereocenters. The lowest BCUT2D eigenvalue weighted by Gasteiger charge is -2.20. The molecule has 0 aliphatic heterocycles. The summed E-state index contributed by atoms with van der Waals surface area (Å²) in [4.78, 5) is 25.8. The molecule has 1 heterocycles. The van der Waals surface area contributed by atoms with E-state index in [9.17, 15) is 9.59 Å². The van der Waals surface area contributed by atoms with Crippen LogP contribution in [0.2, 0.25) is 0 Å². The molecule has 208 valence electrons. The smallest absolute Gasteiger partial charge is 0.339 e. The lowest BCUT2D eigenvalue weighted by atomic mass is 9.98. The van der Waals surface area contributed by atoms with E-state index >= 15 is 0 Å². The van der Waals surface area contributed by atoms with E-state index in [2.05, 4.69) is 37.9 Å². The fraction of sp³-hybridized carbons (Fsp3) is 0.200. The predicted octanol–water partition coefficient (Wildman–Crippen LogP) is 8.57. The van der Waals surface area contributed by atoms with Gasteiger partial charge in [0.25, 0.3) is 5.91 Å². The van der Waals surface area contributed by atoms with Crippen molar-refractivity contribution in [3.05, 3.63) is 130 Å². The molecule has 1 N–H and O–H groups in total. The summed E-state index contributed by atoms with van der Waals surface area (Å²) in [5.74, 6) is -0.427. The molecule has 5 nitrogen and oxygen atoms in total. The zero-order valence-corrected chi connectivity index (χ0v) is 25.2. The first-order valence-electron chi connectivity index (χ1n) is 13.6. The molecule has 1 atom stereocenters. The summed E-state index contributed by atoms with van der Waals surface area (Å²) >= 11 is 3.45. The summed E-state index contributed by atoms with van der Waals surface area (Å²) in [5, 5.41) is 4.10. The number of carbonyl (C=O) groups is 2. The monoisotopic (exact) mass is 608 g/mol. The number of nitrogens with zero attached hydrogens (tertiary/aromatic N) is 1. The summed E-state index contributed by atoms with van der Waals surface area (Å²) in [5.41, 5.74) is 5.67. The van der Waals surface area contributed by atoms with Gasteiger partial charge in [0.15, 0.2) is 0 Å². The van der Waals surface area contributed by atoms with Crippen molar-refractivity contribution in [3.8, 4) is 11.1 Å². The molecule has 0 bridgehead atoms. The first-order valence-corrected chi connectivity index (χ1v) is 14.4. The van der Waals surface area contributed by atoms with Crippen LogP contribution in [0, 0.1) is 0 Å². The second-order valence-electron chi connectivity index (χ2n) is 11.2. The Kier molecular flexibility index (Phi) is 8.13. The summed E-state index contributed by atoms with van der Waals surface area (Å²) in [7, 11) is 0. The Bertz CT molecular complexity index is 1700. The fourth-order valence-corrected chi connectivity index (χ4v) is 5.09. The van der Waals surface area contributed by atoms with E-state index in [-0.39, 0.29) is 17.9 Å². The molecule has 0 radical (unpaired) electrons. The molecule has 4 aromatic carbocycles. The number of rotatable bonds is 7. The molecule has 0 saturated carbocycles. The van der Waals surface area contributed by atoms with Gasteiger partial charge in [0.05, 0.1) is 11.6 Å². The number of esters is 1. The molecule has 0 fully saturated rings. The number of nitrogens with one attached hydrogen (secondary N) is 1. The van der Waals surface area contributed by atoms with E-state index in [1.807, 2.05) is 113 Å². The number of benzene rings is 4. The van der Waals surface area contributed by atoms with Crippen molar-refractivity contribution in [2.45, 2.75) is 45.9 Å². The van der Waals surface area contributed by atoms with Crippen LogP contribution in [0.4, 0.5) is 0 Å². The lowest BCUT2D eigenvalue weighted by Crippen LogP contribution is -2.26. The minimum absolute atomic E-state index is 0.0997. The van der Waals surface area contributed by atoms with E-state index in [0.29, 0.717) is 17.7 Å². The SMILES string of the molecule is C[C@H](NC(=O)c1ccc2c(ccn2Cc2ccc(-c3ccccc3C(=O)OC(C)(C)C)cc2)c1)c1ccc(Br)cc1. The van der Waals surface area contributed by atoms with E-state index in [0.717, 1.165) is 37.6 Å². The zero-order chi connectivity index (χ0) is 29.1. The maximum Gasteiger partial charge on any atom is 0.339 e. The van der Waals surface area contributed by atoms with Crippen LogP contribution in [0.15, 0.2) is 108 Å². The van der Waals surface area contributed by atoms with Crippen molar-refractivity contribution in [2.24, 2.45) is 0 Å². The Balaban J connectivity index is 1.29. The zero-order valence-electron chi connectivity index (χ0n) is 23.6. The van der Waals surface area contributed by atoms with Crippen LogP contribution >= 0.6 is 15.9 Å². The lowest BCUT2D eigenvalue weighted by molar-refractivity contribution is 0.00703. The van der Waals surface area contributed by atoms with E-state index in [1.165, 1.54) is 0 Å². The van der Waals surface area contributed by atoms with Gasteiger partial charge in [-0.15, -0.1) is 0 Å². The van der Waals surface area contributed by atoms with Gasteiger partial charge in [-0.2, -0.15) is 0 Å². The Morgan fingerprint density at radius 3 is 2.32 bits per heavy atom. The van der Waals surface area contributed by atoms with E-state index in [1.54, 1.807) is 6.07 Å². The molecule has 5 rings (SSSR count). The largest absolute Gasteiger partial charge is 0.456 e. The quantitative estimate of drug-likeness (QED) is 0.188. The van der Waals surface area contributed by atoms with Crippen LogP contribution in [0.1, 0.15) is 65.6 Å². The van der Waals surface area contributed by atoms with Crippen molar-refractivity contribution < 1.29 is 14.3 Å². The highest BCUT2D eigenvalue weighted by Crippen LogP contribution is 2.27. The van der Waals surface area contributed by atoms with Gasteiger partial charge in [-0.3, -0.25) is 4.79 Å². The standard InChI is InChI=1S/C35H33BrN2O3/c1-23(25-13-16-29(36)17-14-25)37-33(39)28-15-18-32-27(21-28)19-20-38(32)22-24-9-11-26(12-10-24)30-7-5-6-8-31(30)34(40)41-35(2,3)4/h5-21,23H,22H2,1-4H3,(H,37,39)/t23-/m0/s1. The van der Waals surface area contributed by atoms with Gasteiger partial charge in [-0.1, -0.05) is 70.5 Å². The predicted molar refractivity (Wildman–Crippen MR) is 168 cm³/mol. The maximum absolute atomic E-state index is 13.0. The average molecular weight is 610 g/mol. The number of carbonyl (C=O) groups excluding carboxylic acids is 2. The third-order valence-corrected chi connectivity index (χ3v) is 7.44. The molecule has 6 heteroatoms. The first kappa shape index (κ1) is 28.4. The number of hydrogen-bond donors (Lipinski definition) is 1. The number of halogens is 1. The van der Waals surface area contributed by atoms with Gasteiger partial charge >= 0.3 is 5.97 Å². The molecule has 1 amide bonds. The highest BCUT2D eigenvalue weighted by atomic mass is 79.9. The van der Waals surface area contributed by atoms with Crippen LogP contribution in [0.3, 0.4) is 0 Å². The average Bonchev–Trinajstić information content (AvgIpc) is 3.34. The van der Waals surface area contributed by atoms with Crippen molar-refractivity contribution in [3.63, 3.8) is 0 Å². The van der Waals surface area contributed by atoms with Crippen LogP contribution in [-0.2, 0) is 11.3 Å². The molecule has 0 aliphatic carbocycles. The molecular formula is C35H33BrN2O3. The number of amides is 1. The number of hydrogen-bond acceptors (Lipinski definition) is 3. The van der Waals surface area contributed by atoms with Gasteiger partial charge in [0.1, 0.15) is 5.60 Å². The minimum atomic E-state index is -0.559. The third-order valence-electron chi connectivity index (χ3n) is 6.91. The van der Waals surface area contributed by atoms with Gasteiger partial charge in [0, 0.05) is 33.7 Å². The van der Waals surface area contributed by atoms with Crippen LogP contribution in [0.25, 0.3) is 22.0 Å². The molecule has 0 spiro atoms. The molecule has 5 aromatic rings. The van der Waals surface area contributed by atoms with Crippen LogP contribution in [-0.4, -0.2) is 22.0 Å². The number of fused-ring (bicyclic) bond motifs is 1. The molecule has 1 aromatic heterocycles. The van der Waals surface area contributed by atoms with Gasteiger partial charge in [0.2, 0.25) is 0 Å². The van der Waals surface area contributed by atoms with Crippen molar-refractivity contribution in [1.29, 1.82) is 0 Å². The highest BCUT2D eigenvalue weighted by molar-refractivity contribution is 9.10. The van der Waals surface area contributed by atoms with Gasteiger partial charge in [-0.05, 0) is 92.4 Å². The van der Waals surface area contributed by atoms with Gasteiger partial charge in [-0.25, -0.2) is 4.79 Å². The Morgan fingerprint density at radius 1 is 0.902 bits per heavy atom. The minimum Gasteiger partial charge on any atom is -0.456 e. The first-order chi connectivity index (χ1) is 19.6. The van der Waals surface area contributed by atoms with Crippen LogP contribution in [0.5, 0.6) is 0 Å². The number of ether oxygens (including phenoxy) is 1. The third kappa shape index (κ3) is 6.77. The van der Waals surface area contributed by atoms with Crippen molar-refractivity contribution in [2.75, 3.05) is 0 Å². The highest BCUT2D eigenvalue weighted by Gasteiger charge is 2.20. The van der Waals surface area contributed by atoms with Crippen molar-refractivity contribution >= 4 is 38.7 Å². The topological polar surface area (TPSA) is 60.3 Å². The van der Waals surface area contributed by atoms with E-state index < -0.39 is 5.60 Å². The molecule has 0 saturated heterocycles. The summed E-state index contributed by atoms with van der Waals surface area (Å²) in [6.07, 6.45) is 2.04. The Hall–Kier alpha value is -4.16. The number of aromatic nitrogens is 1. The Morgan fingerprint density at radius 2 is 1.61 bits per heavy atom. The summed E-state index contributed by atoms with van der Waals surface area (Å²) in [6, 6.07) is 31.5. The van der Waals surface area contributed by atoms with Gasteiger partial charge < -0.3 is 14.6 Å². The second-order valence-corrected chi connectivity index (χ2v) is 12.1. The molecular weight excluding hydrogens is 576 g/mol. The summed E-state index contributed by atoms with van der Waals surface area (Å²) < 4.78 is 8.80. The molecule has 41 heavy (non-hydrogen) atoms. The van der Waals surface area contributed by atoms with Crippen LogP contribution < -0.4 is 5.32 Å². The van der Waals surface area contributed by atoms with Crippen molar-refractivity contribution in [1.82, 2.24) is 9.88 Å². The molecule has 0 aliphatic rings. The summed E-state index contributed by atoms with van der Waals surface area (Å²) in [6.45, 7) is 8.28. The normalized spacial score (nSPS) is 12.2. The Labute approximate surface area is 249 Å². The van der Waals surface area contributed by atoms with E-state index in [4.69, 9.17) is 4.74 Å². The second kappa shape index (κ2) is 11.8.